The summed E-state index contributed by atoms with van der Waals surface area (Å²) in [6, 6.07) is 7.24. The van der Waals surface area contributed by atoms with Gasteiger partial charge >= 0.3 is 0 Å². The first-order valence-electron chi connectivity index (χ1n) is 7.67. The first-order chi connectivity index (χ1) is 11.6. The quantitative estimate of drug-likeness (QED) is 0.520. The van der Waals surface area contributed by atoms with Crippen molar-refractivity contribution in [2.45, 2.75) is 24.5 Å². The lowest BCUT2D eigenvalue weighted by Gasteiger charge is -2.18. The number of methoxy groups -OCH3 is 1. The molecule has 0 saturated carbocycles. The molecule has 0 aliphatic rings. The van der Waals surface area contributed by atoms with Gasteiger partial charge in [-0.3, -0.25) is 4.79 Å². The van der Waals surface area contributed by atoms with E-state index in [2.05, 4.69) is 26.2 Å². The molecule has 1 heterocycles. The van der Waals surface area contributed by atoms with Gasteiger partial charge < -0.3 is 15.4 Å². The largest absolute Gasteiger partial charge is 0.497 e. The van der Waals surface area contributed by atoms with E-state index in [1.807, 2.05) is 31.2 Å². The molecule has 0 fully saturated rings. The maximum absolute atomic E-state index is 12.3. The van der Waals surface area contributed by atoms with E-state index in [0.29, 0.717) is 18.7 Å². The number of tetrazole rings is 1. The number of carbonyl (C=O) groups is 1. The van der Waals surface area contributed by atoms with Crippen molar-refractivity contribution in [3.05, 3.63) is 24.3 Å². The molecule has 8 nitrogen and oxygen atoms in total. The van der Waals surface area contributed by atoms with E-state index in [-0.39, 0.29) is 11.9 Å². The fourth-order valence-electron chi connectivity index (χ4n) is 2.05. The number of ether oxygens (including phenoxy) is 1. The molecule has 9 heteroatoms. The summed E-state index contributed by atoms with van der Waals surface area (Å²) in [5, 5.41) is 18.1. The molecule has 1 aromatic heterocycles. The highest BCUT2D eigenvalue weighted by atomic mass is 32.2. The van der Waals surface area contributed by atoms with Crippen molar-refractivity contribution >= 4 is 23.4 Å². The maximum Gasteiger partial charge on any atom is 0.242 e. The lowest BCUT2D eigenvalue weighted by atomic mass is 10.2. The Labute approximate surface area is 145 Å². The molecule has 2 rings (SSSR count). The number of hydrogen-bond acceptors (Lipinski definition) is 7. The van der Waals surface area contributed by atoms with Crippen molar-refractivity contribution in [3.63, 3.8) is 0 Å². The Kier molecular flexibility index (Phi) is 6.86. The van der Waals surface area contributed by atoms with E-state index in [1.54, 1.807) is 18.8 Å². The van der Waals surface area contributed by atoms with Gasteiger partial charge in [0.15, 0.2) is 0 Å². The summed E-state index contributed by atoms with van der Waals surface area (Å²) in [4.78, 5) is 12.3. The fraction of sp³-hybridized carbons (Fsp3) is 0.467. The summed E-state index contributed by atoms with van der Waals surface area (Å²) in [6.45, 7) is 2.52. The molecule has 0 radical (unpaired) electrons. The van der Waals surface area contributed by atoms with Crippen LogP contribution < -0.4 is 15.4 Å². The summed E-state index contributed by atoms with van der Waals surface area (Å²) < 4.78 is 6.80. The van der Waals surface area contributed by atoms with E-state index in [0.717, 1.165) is 16.6 Å². The average Bonchev–Trinajstić information content (AvgIpc) is 3.01. The second-order valence-electron chi connectivity index (χ2n) is 5.06. The van der Waals surface area contributed by atoms with Gasteiger partial charge in [-0.1, -0.05) is 24.8 Å². The van der Waals surface area contributed by atoms with E-state index in [9.17, 15) is 4.79 Å². The Morgan fingerprint density at radius 1 is 1.46 bits per heavy atom. The molecule has 130 valence electrons. The van der Waals surface area contributed by atoms with Gasteiger partial charge in [-0.05, 0) is 29.0 Å². The summed E-state index contributed by atoms with van der Waals surface area (Å²) >= 11 is 1.50. The molecular formula is C15H22N6O2S. The van der Waals surface area contributed by atoms with E-state index >= 15 is 0 Å². The van der Waals surface area contributed by atoms with E-state index in [4.69, 9.17) is 4.74 Å². The van der Waals surface area contributed by atoms with Gasteiger partial charge in [0.1, 0.15) is 11.8 Å². The van der Waals surface area contributed by atoms with Crippen molar-refractivity contribution in [3.8, 4) is 5.75 Å². The number of rotatable bonds is 9. The van der Waals surface area contributed by atoms with Gasteiger partial charge in [-0.2, -0.15) is 0 Å². The van der Waals surface area contributed by atoms with Gasteiger partial charge in [0.25, 0.3) is 0 Å². The Bertz CT molecular complexity index is 663. The molecule has 2 N–H and O–H groups in total. The molecule has 0 saturated heterocycles. The van der Waals surface area contributed by atoms with Crippen LogP contribution in [0.15, 0.2) is 29.4 Å². The van der Waals surface area contributed by atoms with E-state index < -0.39 is 0 Å². The number of thioether (sulfide) groups is 1. The van der Waals surface area contributed by atoms with Crippen molar-refractivity contribution in [2.24, 2.45) is 7.05 Å². The number of nitrogens with one attached hydrogen (secondary N) is 2. The number of amides is 1. The Morgan fingerprint density at radius 3 is 2.96 bits per heavy atom. The highest BCUT2D eigenvalue weighted by molar-refractivity contribution is 7.99. The summed E-state index contributed by atoms with van der Waals surface area (Å²) in [5.74, 6) is 1.43. The molecule has 1 atom stereocenters. The van der Waals surface area contributed by atoms with Crippen LogP contribution in [0.25, 0.3) is 0 Å². The smallest absolute Gasteiger partial charge is 0.242 e. The lowest BCUT2D eigenvalue weighted by molar-refractivity contribution is -0.121. The summed E-state index contributed by atoms with van der Waals surface area (Å²) in [6.07, 6.45) is 0.684. The predicted octanol–water partition coefficient (Wildman–Crippen LogP) is 1.32. The zero-order chi connectivity index (χ0) is 17.4. The Morgan fingerprint density at radius 2 is 2.29 bits per heavy atom. The third kappa shape index (κ3) is 5.12. The average molecular weight is 350 g/mol. The van der Waals surface area contributed by atoms with Crippen LogP contribution in [-0.2, 0) is 11.8 Å². The third-order valence-electron chi connectivity index (χ3n) is 3.35. The monoisotopic (exact) mass is 350 g/mol. The first-order valence-corrected chi connectivity index (χ1v) is 8.66. The van der Waals surface area contributed by atoms with Gasteiger partial charge in [0, 0.05) is 31.1 Å². The number of aromatic nitrogens is 4. The van der Waals surface area contributed by atoms with Gasteiger partial charge in [0.05, 0.1) is 7.11 Å². The van der Waals surface area contributed by atoms with Crippen LogP contribution in [0, 0.1) is 0 Å². The molecule has 1 amide bonds. The number of benzene rings is 1. The van der Waals surface area contributed by atoms with Crippen LogP contribution in [0.2, 0.25) is 0 Å². The Balaban J connectivity index is 1.79. The SMILES string of the molecule is CCC(Nc1cccc(OC)c1)C(=O)NCCSc1nnnn1C. The van der Waals surface area contributed by atoms with E-state index in [1.165, 1.54) is 11.8 Å². The Hall–Kier alpha value is -2.29. The fourth-order valence-corrected chi connectivity index (χ4v) is 2.75. The molecule has 24 heavy (non-hydrogen) atoms. The number of nitrogens with zero attached hydrogens (tertiary/aromatic N) is 4. The van der Waals surface area contributed by atoms with Crippen LogP contribution in [0.3, 0.4) is 0 Å². The van der Waals surface area contributed by atoms with Crippen LogP contribution in [0.5, 0.6) is 5.75 Å². The minimum absolute atomic E-state index is 0.0305. The summed E-state index contributed by atoms with van der Waals surface area (Å²) in [5.41, 5.74) is 0.857. The molecule has 1 unspecified atom stereocenters. The number of carbonyl (C=O) groups excluding carboxylic acids is 1. The number of hydrogen-bond donors (Lipinski definition) is 2. The normalized spacial score (nSPS) is 11.8. The van der Waals surface area contributed by atoms with Crippen LogP contribution >= 0.6 is 11.8 Å². The van der Waals surface area contributed by atoms with Crippen LogP contribution in [0.1, 0.15) is 13.3 Å². The van der Waals surface area contributed by atoms with Crippen molar-refractivity contribution in [2.75, 3.05) is 24.7 Å². The molecule has 1 aromatic carbocycles. The second kappa shape index (κ2) is 9.11. The minimum atomic E-state index is -0.293. The molecule has 2 aromatic rings. The molecule has 0 aliphatic carbocycles. The zero-order valence-corrected chi connectivity index (χ0v) is 14.8. The minimum Gasteiger partial charge on any atom is -0.497 e. The molecular weight excluding hydrogens is 328 g/mol. The topological polar surface area (TPSA) is 94.0 Å². The van der Waals surface area contributed by atoms with Crippen molar-refractivity contribution in [1.82, 2.24) is 25.5 Å². The van der Waals surface area contributed by atoms with Gasteiger partial charge in [-0.15, -0.1) is 5.10 Å². The molecule has 0 spiro atoms. The van der Waals surface area contributed by atoms with Gasteiger partial charge in [-0.25, -0.2) is 4.68 Å². The third-order valence-corrected chi connectivity index (χ3v) is 4.36. The van der Waals surface area contributed by atoms with Gasteiger partial charge in [0.2, 0.25) is 11.1 Å². The van der Waals surface area contributed by atoms with Crippen molar-refractivity contribution in [1.29, 1.82) is 0 Å². The standard InChI is InChI=1S/C15H22N6O2S/c1-4-13(17-11-6-5-7-12(10-11)23-3)14(22)16-8-9-24-15-18-19-20-21(15)2/h5-7,10,13,17H,4,8-9H2,1-3H3,(H,16,22). The molecule has 0 aliphatic heterocycles. The lowest BCUT2D eigenvalue weighted by Crippen LogP contribution is -2.40. The highest BCUT2D eigenvalue weighted by Gasteiger charge is 2.16. The predicted molar refractivity (Wildman–Crippen MR) is 93.2 cm³/mol. The first kappa shape index (κ1) is 18.1. The maximum atomic E-state index is 12.3. The highest BCUT2D eigenvalue weighted by Crippen LogP contribution is 2.18. The summed E-state index contributed by atoms with van der Waals surface area (Å²) in [7, 11) is 3.40. The number of anilines is 1. The van der Waals surface area contributed by atoms with Crippen LogP contribution in [-0.4, -0.2) is 51.6 Å². The zero-order valence-electron chi connectivity index (χ0n) is 14.0. The second-order valence-corrected chi connectivity index (χ2v) is 6.12. The molecule has 0 bridgehead atoms. The van der Waals surface area contributed by atoms with Crippen LogP contribution in [0.4, 0.5) is 5.69 Å². The number of aryl methyl sites for hydroxylation is 1. The van der Waals surface area contributed by atoms with Crippen molar-refractivity contribution < 1.29 is 9.53 Å².